The third kappa shape index (κ3) is 2.65. The fourth-order valence-electron chi connectivity index (χ4n) is 2.03. The molecule has 0 atom stereocenters. The molecule has 0 fully saturated rings. The van der Waals surface area contributed by atoms with E-state index in [2.05, 4.69) is 9.97 Å². The number of nitrogens with one attached hydrogen (secondary N) is 1. The number of H-pyrrole nitrogens is 1. The second-order valence-electron chi connectivity index (χ2n) is 4.64. The summed E-state index contributed by atoms with van der Waals surface area (Å²) >= 11 is 0. The van der Waals surface area contributed by atoms with E-state index in [0.717, 1.165) is 6.07 Å². The van der Waals surface area contributed by atoms with Gasteiger partial charge in [0.25, 0.3) is 5.56 Å². The SMILES string of the molecule is O=c1[nH]c(F)c(F)c2cc(-c3ncc(C(F)(F)F)cn3)ccc12. The Balaban J connectivity index is 2.14. The number of pyridine rings is 1. The summed E-state index contributed by atoms with van der Waals surface area (Å²) in [6, 6.07) is 3.65. The fourth-order valence-corrected chi connectivity index (χ4v) is 2.03. The second kappa shape index (κ2) is 5.11. The zero-order valence-corrected chi connectivity index (χ0v) is 11.1. The molecule has 9 heteroatoms. The molecule has 23 heavy (non-hydrogen) atoms. The van der Waals surface area contributed by atoms with Gasteiger partial charge >= 0.3 is 6.18 Å². The van der Waals surface area contributed by atoms with Crippen LogP contribution in [-0.4, -0.2) is 15.0 Å². The number of halogens is 5. The molecule has 0 aliphatic carbocycles. The predicted octanol–water partition coefficient (Wildman–Crippen LogP) is 3.28. The topological polar surface area (TPSA) is 58.6 Å². The van der Waals surface area contributed by atoms with E-state index in [0.29, 0.717) is 12.4 Å². The van der Waals surface area contributed by atoms with Crippen LogP contribution in [0.25, 0.3) is 22.2 Å². The van der Waals surface area contributed by atoms with Crippen molar-refractivity contribution in [1.29, 1.82) is 0 Å². The molecule has 0 spiro atoms. The Kier molecular flexibility index (Phi) is 3.35. The zero-order valence-electron chi connectivity index (χ0n) is 11.1. The van der Waals surface area contributed by atoms with E-state index >= 15 is 0 Å². The van der Waals surface area contributed by atoms with Gasteiger partial charge in [-0.15, -0.1) is 0 Å². The van der Waals surface area contributed by atoms with Crippen molar-refractivity contribution < 1.29 is 22.0 Å². The van der Waals surface area contributed by atoms with Crippen molar-refractivity contribution in [1.82, 2.24) is 15.0 Å². The van der Waals surface area contributed by atoms with Crippen molar-refractivity contribution in [3.63, 3.8) is 0 Å². The van der Waals surface area contributed by atoms with Crippen LogP contribution in [0.4, 0.5) is 22.0 Å². The van der Waals surface area contributed by atoms with Crippen LogP contribution in [0.15, 0.2) is 35.4 Å². The molecule has 0 amide bonds. The van der Waals surface area contributed by atoms with Crippen molar-refractivity contribution in [3.8, 4) is 11.4 Å². The summed E-state index contributed by atoms with van der Waals surface area (Å²) in [5.41, 5.74) is -1.70. The highest BCUT2D eigenvalue weighted by Gasteiger charge is 2.31. The second-order valence-corrected chi connectivity index (χ2v) is 4.64. The number of hydrogen-bond acceptors (Lipinski definition) is 3. The summed E-state index contributed by atoms with van der Waals surface area (Å²) in [7, 11) is 0. The molecular formula is C14H6F5N3O. The van der Waals surface area contributed by atoms with E-state index in [1.165, 1.54) is 12.1 Å². The average Bonchev–Trinajstić information content (AvgIpc) is 2.51. The van der Waals surface area contributed by atoms with Crippen LogP contribution >= 0.6 is 0 Å². The molecule has 3 rings (SSSR count). The molecule has 0 radical (unpaired) electrons. The normalized spacial score (nSPS) is 11.9. The van der Waals surface area contributed by atoms with Gasteiger partial charge in [-0.3, -0.25) is 9.78 Å². The van der Waals surface area contributed by atoms with Crippen molar-refractivity contribution in [2.75, 3.05) is 0 Å². The van der Waals surface area contributed by atoms with Gasteiger partial charge in [0.15, 0.2) is 11.6 Å². The van der Waals surface area contributed by atoms with Crippen LogP contribution in [0, 0.1) is 11.8 Å². The lowest BCUT2D eigenvalue weighted by molar-refractivity contribution is -0.138. The van der Waals surface area contributed by atoms with Gasteiger partial charge in [0.1, 0.15) is 0 Å². The molecule has 1 aromatic carbocycles. The quantitative estimate of drug-likeness (QED) is 0.551. The molecule has 4 nitrogen and oxygen atoms in total. The number of aromatic amines is 1. The standard InChI is InChI=1S/C14H6F5N3O/c15-10-9-3-6(1-2-8(9)13(23)22-11(10)16)12-20-4-7(5-21-12)14(17,18)19/h1-5H,(H,22,23). The Morgan fingerprint density at radius 1 is 1.00 bits per heavy atom. The van der Waals surface area contributed by atoms with E-state index < -0.39 is 29.1 Å². The summed E-state index contributed by atoms with van der Waals surface area (Å²) in [4.78, 5) is 20.4. The molecule has 0 saturated heterocycles. The molecule has 118 valence electrons. The summed E-state index contributed by atoms with van der Waals surface area (Å²) in [5, 5.41) is -0.410. The Morgan fingerprint density at radius 2 is 1.65 bits per heavy atom. The lowest BCUT2D eigenvalue weighted by Crippen LogP contribution is -2.11. The molecule has 0 bridgehead atoms. The minimum absolute atomic E-state index is 0.0976. The van der Waals surface area contributed by atoms with E-state index in [1.54, 1.807) is 4.98 Å². The molecule has 0 aliphatic rings. The molecule has 0 saturated carbocycles. The number of alkyl halides is 3. The lowest BCUT2D eigenvalue weighted by Gasteiger charge is -2.07. The van der Waals surface area contributed by atoms with Gasteiger partial charge in [-0.2, -0.15) is 17.6 Å². The van der Waals surface area contributed by atoms with Gasteiger partial charge in [0.2, 0.25) is 5.95 Å². The summed E-state index contributed by atoms with van der Waals surface area (Å²) in [6.07, 6.45) is -3.41. The number of benzene rings is 1. The minimum Gasteiger partial charge on any atom is -0.296 e. The Labute approximate surface area is 124 Å². The molecule has 2 heterocycles. The molecular weight excluding hydrogens is 321 g/mol. The van der Waals surface area contributed by atoms with Crippen LogP contribution in [0.3, 0.4) is 0 Å². The highest BCUT2D eigenvalue weighted by Crippen LogP contribution is 2.29. The predicted molar refractivity (Wildman–Crippen MR) is 70.5 cm³/mol. The first-order valence-corrected chi connectivity index (χ1v) is 6.18. The molecule has 3 aromatic rings. The van der Waals surface area contributed by atoms with Crippen LogP contribution in [0.1, 0.15) is 5.56 Å². The number of hydrogen-bond donors (Lipinski definition) is 1. The van der Waals surface area contributed by atoms with Gasteiger partial charge in [-0.25, -0.2) is 14.4 Å². The van der Waals surface area contributed by atoms with Crippen LogP contribution < -0.4 is 5.56 Å². The average molecular weight is 327 g/mol. The van der Waals surface area contributed by atoms with E-state index in [4.69, 9.17) is 0 Å². The molecule has 0 aliphatic heterocycles. The highest BCUT2D eigenvalue weighted by atomic mass is 19.4. The van der Waals surface area contributed by atoms with E-state index in [1.807, 2.05) is 0 Å². The van der Waals surface area contributed by atoms with E-state index in [-0.39, 0.29) is 22.2 Å². The van der Waals surface area contributed by atoms with Gasteiger partial charge in [-0.1, -0.05) is 6.07 Å². The number of fused-ring (bicyclic) bond motifs is 1. The summed E-state index contributed by atoms with van der Waals surface area (Å²) in [5.74, 6) is -2.80. The lowest BCUT2D eigenvalue weighted by atomic mass is 10.1. The van der Waals surface area contributed by atoms with E-state index in [9.17, 15) is 26.7 Å². The van der Waals surface area contributed by atoms with Crippen LogP contribution in [-0.2, 0) is 6.18 Å². The van der Waals surface area contributed by atoms with Crippen molar-refractivity contribution in [3.05, 3.63) is 58.3 Å². The van der Waals surface area contributed by atoms with Gasteiger partial charge in [0.05, 0.1) is 10.9 Å². The Hall–Kier alpha value is -2.84. The number of aromatic nitrogens is 3. The van der Waals surface area contributed by atoms with Crippen molar-refractivity contribution >= 4 is 10.8 Å². The molecule has 0 unspecified atom stereocenters. The highest BCUT2D eigenvalue weighted by molar-refractivity contribution is 5.86. The zero-order chi connectivity index (χ0) is 16.8. The maximum absolute atomic E-state index is 13.8. The third-order valence-corrected chi connectivity index (χ3v) is 3.15. The maximum atomic E-state index is 13.8. The first-order valence-electron chi connectivity index (χ1n) is 6.18. The molecule has 2 aromatic heterocycles. The monoisotopic (exact) mass is 327 g/mol. The van der Waals surface area contributed by atoms with Gasteiger partial charge in [-0.05, 0) is 12.1 Å². The first-order chi connectivity index (χ1) is 10.8. The maximum Gasteiger partial charge on any atom is 0.419 e. The summed E-state index contributed by atoms with van der Waals surface area (Å²) < 4.78 is 64.4. The van der Waals surface area contributed by atoms with Gasteiger partial charge in [0, 0.05) is 23.3 Å². The summed E-state index contributed by atoms with van der Waals surface area (Å²) in [6.45, 7) is 0. The first kappa shape index (κ1) is 15.1. The Morgan fingerprint density at radius 3 is 2.26 bits per heavy atom. The third-order valence-electron chi connectivity index (χ3n) is 3.15. The van der Waals surface area contributed by atoms with Crippen LogP contribution in [0.2, 0.25) is 0 Å². The van der Waals surface area contributed by atoms with Crippen molar-refractivity contribution in [2.45, 2.75) is 6.18 Å². The fraction of sp³-hybridized carbons (Fsp3) is 0.0714. The van der Waals surface area contributed by atoms with Gasteiger partial charge < -0.3 is 0 Å². The molecule has 1 N–H and O–H groups in total. The number of nitrogens with zero attached hydrogens (tertiary/aromatic N) is 2. The van der Waals surface area contributed by atoms with Crippen LogP contribution in [0.5, 0.6) is 0 Å². The van der Waals surface area contributed by atoms with Crippen molar-refractivity contribution in [2.24, 2.45) is 0 Å². The largest absolute Gasteiger partial charge is 0.419 e. The smallest absolute Gasteiger partial charge is 0.296 e. The number of rotatable bonds is 1. The minimum atomic E-state index is -4.58. The Bertz CT molecular complexity index is 948.